The fraction of sp³-hybridized carbons (Fsp3) is 0.500. The van der Waals surface area contributed by atoms with E-state index in [9.17, 15) is 8.42 Å². The highest BCUT2D eigenvalue weighted by Crippen LogP contribution is 2.17. The first-order valence-corrected chi connectivity index (χ1v) is 7.42. The largest absolute Gasteiger partial charge is 0.382 e. The Morgan fingerprint density at radius 3 is 2.72 bits per heavy atom. The monoisotopic (exact) mass is 269 g/mol. The van der Waals surface area contributed by atoms with Gasteiger partial charge in [0, 0.05) is 25.5 Å². The smallest absolute Gasteiger partial charge is 0.158 e. The first-order valence-electron chi connectivity index (χ1n) is 5.60. The summed E-state index contributed by atoms with van der Waals surface area (Å²) >= 11 is 0. The van der Waals surface area contributed by atoms with Crippen molar-refractivity contribution in [2.45, 2.75) is 6.42 Å². The molecule has 2 rings (SSSR count). The van der Waals surface area contributed by atoms with Gasteiger partial charge in [0.2, 0.25) is 0 Å². The molecule has 1 aromatic heterocycles. The van der Waals surface area contributed by atoms with E-state index in [2.05, 4.69) is 9.97 Å². The Balaban J connectivity index is 2.29. The molecule has 0 radical (unpaired) electrons. The molecule has 0 saturated carbocycles. The third-order valence-corrected chi connectivity index (χ3v) is 4.50. The molecule has 1 aromatic rings. The van der Waals surface area contributed by atoms with E-state index in [1.807, 2.05) is 4.90 Å². The van der Waals surface area contributed by atoms with Gasteiger partial charge in [-0.3, -0.25) is 5.41 Å². The maximum atomic E-state index is 11.5. The van der Waals surface area contributed by atoms with Crippen LogP contribution in [0.25, 0.3) is 0 Å². The van der Waals surface area contributed by atoms with Crippen molar-refractivity contribution in [2.24, 2.45) is 5.73 Å². The predicted molar refractivity (Wildman–Crippen MR) is 68.5 cm³/mol. The number of rotatable bonds is 2. The SMILES string of the molecule is N=C(N)c1nccnc1N1CCCS(=O)(=O)CC1. The van der Waals surface area contributed by atoms with Crippen LogP contribution in [-0.4, -0.2) is 48.8 Å². The van der Waals surface area contributed by atoms with Crippen LogP contribution >= 0.6 is 0 Å². The Kier molecular flexibility index (Phi) is 3.46. The third-order valence-electron chi connectivity index (χ3n) is 2.79. The highest BCUT2D eigenvalue weighted by Gasteiger charge is 2.22. The zero-order valence-electron chi connectivity index (χ0n) is 9.83. The molecule has 8 heteroatoms. The molecule has 0 unspecified atom stereocenters. The van der Waals surface area contributed by atoms with Gasteiger partial charge < -0.3 is 10.6 Å². The lowest BCUT2D eigenvalue weighted by atomic mass is 10.3. The van der Waals surface area contributed by atoms with Crippen molar-refractivity contribution in [3.63, 3.8) is 0 Å². The number of aromatic nitrogens is 2. The fourth-order valence-corrected chi connectivity index (χ4v) is 3.17. The lowest BCUT2D eigenvalue weighted by Crippen LogP contribution is -2.30. The maximum absolute atomic E-state index is 11.5. The molecule has 2 heterocycles. The van der Waals surface area contributed by atoms with Crippen molar-refractivity contribution in [1.29, 1.82) is 5.41 Å². The van der Waals surface area contributed by atoms with Gasteiger partial charge in [-0.05, 0) is 6.42 Å². The lowest BCUT2D eigenvalue weighted by molar-refractivity contribution is 0.597. The van der Waals surface area contributed by atoms with Crippen LogP contribution in [-0.2, 0) is 9.84 Å². The Bertz CT molecular complexity index is 557. The topological polar surface area (TPSA) is 113 Å². The molecule has 1 aliphatic heterocycles. The lowest BCUT2D eigenvalue weighted by Gasteiger charge is -2.22. The number of hydrogen-bond acceptors (Lipinski definition) is 6. The summed E-state index contributed by atoms with van der Waals surface area (Å²) < 4.78 is 23.1. The van der Waals surface area contributed by atoms with Crippen LogP contribution in [0.5, 0.6) is 0 Å². The molecule has 18 heavy (non-hydrogen) atoms. The van der Waals surface area contributed by atoms with Crippen molar-refractivity contribution in [1.82, 2.24) is 9.97 Å². The van der Waals surface area contributed by atoms with Crippen LogP contribution in [0.1, 0.15) is 12.1 Å². The van der Waals surface area contributed by atoms with Gasteiger partial charge in [0.1, 0.15) is 11.5 Å². The van der Waals surface area contributed by atoms with Crippen molar-refractivity contribution in [3.8, 4) is 0 Å². The van der Waals surface area contributed by atoms with Crippen LogP contribution < -0.4 is 10.6 Å². The van der Waals surface area contributed by atoms with Crippen LogP contribution in [0.3, 0.4) is 0 Å². The molecule has 0 aliphatic carbocycles. The summed E-state index contributed by atoms with van der Waals surface area (Å²) in [5, 5.41) is 7.46. The molecule has 0 bridgehead atoms. The number of amidine groups is 1. The van der Waals surface area contributed by atoms with Gasteiger partial charge in [-0.1, -0.05) is 0 Å². The summed E-state index contributed by atoms with van der Waals surface area (Å²) in [6.45, 7) is 0.944. The van der Waals surface area contributed by atoms with E-state index in [0.717, 1.165) is 0 Å². The minimum atomic E-state index is -2.97. The second-order valence-corrected chi connectivity index (χ2v) is 6.44. The minimum absolute atomic E-state index is 0.0981. The number of anilines is 1. The summed E-state index contributed by atoms with van der Waals surface area (Å²) in [6.07, 6.45) is 3.53. The molecule has 98 valence electrons. The molecule has 1 aliphatic rings. The quantitative estimate of drug-likeness (QED) is 0.547. The molecule has 0 amide bonds. The normalized spacial score (nSPS) is 19.2. The van der Waals surface area contributed by atoms with E-state index >= 15 is 0 Å². The molecular weight excluding hydrogens is 254 g/mol. The molecule has 1 fully saturated rings. The molecule has 0 aromatic carbocycles. The van der Waals surface area contributed by atoms with Crippen LogP contribution in [0.4, 0.5) is 5.82 Å². The third kappa shape index (κ3) is 2.76. The number of nitrogens with one attached hydrogen (secondary N) is 1. The van der Waals surface area contributed by atoms with Crippen LogP contribution in [0, 0.1) is 5.41 Å². The average molecular weight is 269 g/mol. The fourth-order valence-electron chi connectivity index (χ4n) is 1.90. The van der Waals surface area contributed by atoms with Crippen molar-refractivity contribution >= 4 is 21.5 Å². The summed E-state index contributed by atoms with van der Waals surface area (Å²) in [4.78, 5) is 10.0. The number of nitrogens with zero attached hydrogens (tertiary/aromatic N) is 3. The van der Waals surface area contributed by atoms with Crippen LogP contribution in [0.2, 0.25) is 0 Å². The number of sulfone groups is 1. The highest BCUT2D eigenvalue weighted by molar-refractivity contribution is 7.91. The second-order valence-electron chi connectivity index (χ2n) is 4.13. The average Bonchev–Trinajstić information content (AvgIpc) is 2.50. The summed E-state index contributed by atoms with van der Waals surface area (Å²) in [6, 6.07) is 0. The van der Waals surface area contributed by atoms with Gasteiger partial charge in [0.15, 0.2) is 15.7 Å². The number of nitrogen functional groups attached to an aromatic ring is 1. The van der Waals surface area contributed by atoms with E-state index in [4.69, 9.17) is 11.1 Å². The zero-order chi connectivity index (χ0) is 13.2. The summed E-state index contributed by atoms with van der Waals surface area (Å²) in [7, 11) is -2.97. The molecule has 0 atom stereocenters. The minimum Gasteiger partial charge on any atom is -0.382 e. The van der Waals surface area contributed by atoms with Crippen molar-refractivity contribution < 1.29 is 8.42 Å². The molecule has 7 nitrogen and oxygen atoms in total. The van der Waals surface area contributed by atoms with Gasteiger partial charge in [-0.2, -0.15) is 0 Å². The van der Waals surface area contributed by atoms with E-state index in [1.54, 1.807) is 0 Å². The molecule has 3 N–H and O–H groups in total. The number of nitrogens with two attached hydrogens (primary N) is 1. The highest BCUT2D eigenvalue weighted by atomic mass is 32.2. The van der Waals surface area contributed by atoms with E-state index in [-0.39, 0.29) is 17.3 Å². The summed E-state index contributed by atoms with van der Waals surface area (Å²) in [5.74, 6) is 0.618. The Labute approximate surface area is 105 Å². The van der Waals surface area contributed by atoms with Gasteiger partial charge in [0.05, 0.1) is 11.5 Å². The molecular formula is C10H15N5O2S. The van der Waals surface area contributed by atoms with E-state index in [0.29, 0.717) is 31.0 Å². The Morgan fingerprint density at radius 1 is 1.28 bits per heavy atom. The van der Waals surface area contributed by atoms with Crippen molar-refractivity contribution in [3.05, 3.63) is 18.1 Å². The Hall–Kier alpha value is -1.70. The number of hydrogen-bond donors (Lipinski definition) is 2. The summed E-state index contributed by atoms with van der Waals surface area (Å²) in [5.41, 5.74) is 5.75. The Morgan fingerprint density at radius 2 is 2.00 bits per heavy atom. The first-order chi connectivity index (χ1) is 8.49. The van der Waals surface area contributed by atoms with Crippen molar-refractivity contribution in [2.75, 3.05) is 29.5 Å². The first kappa shape index (κ1) is 12.7. The zero-order valence-corrected chi connectivity index (χ0v) is 10.7. The standard InChI is InChI=1S/C10H15N5O2S/c11-9(12)8-10(14-3-2-13-8)15-4-1-6-18(16,17)7-5-15/h2-3H,1,4-7H2,(H3,11,12). The van der Waals surface area contributed by atoms with Gasteiger partial charge in [-0.25, -0.2) is 18.4 Å². The van der Waals surface area contributed by atoms with Crippen LogP contribution in [0.15, 0.2) is 12.4 Å². The molecule has 0 spiro atoms. The molecule has 1 saturated heterocycles. The van der Waals surface area contributed by atoms with Gasteiger partial charge >= 0.3 is 0 Å². The van der Waals surface area contributed by atoms with Gasteiger partial charge in [0.25, 0.3) is 0 Å². The van der Waals surface area contributed by atoms with E-state index < -0.39 is 9.84 Å². The van der Waals surface area contributed by atoms with Gasteiger partial charge in [-0.15, -0.1) is 0 Å². The predicted octanol–water partition coefficient (Wildman–Crippen LogP) is -0.614. The maximum Gasteiger partial charge on any atom is 0.158 e. The second kappa shape index (κ2) is 4.89. The van der Waals surface area contributed by atoms with E-state index in [1.165, 1.54) is 12.4 Å².